The van der Waals surface area contributed by atoms with Crippen molar-refractivity contribution in [3.05, 3.63) is 76.3 Å². The lowest BCUT2D eigenvalue weighted by molar-refractivity contribution is -0.117. The maximum Gasteiger partial charge on any atom is 0.321 e. The molecule has 30 heavy (non-hydrogen) atoms. The summed E-state index contributed by atoms with van der Waals surface area (Å²) in [5.41, 5.74) is 0.352. The third kappa shape index (κ3) is 4.87. The Morgan fingerprint density at radius 2 is 2.03 bits per heavy atom. The molecule has 1 aromatic heterocycles. The van der Waals surface area contributed by atoms with Gasteiger partial charge in [-0.3, -0.25) is 19.5 Å². The number of halogens is 2. The van der Waals surface area contributed by atoms with E-state index in [-0.39, 0.29) is 22.5 Å². The standard InChI is InChI=1S/C20H16ClFN4O3S/c1-2-9-23-19(29)25-17(27)11-30-20-24-16-6-4-3-5-13(16)18(28)26(20)12-7-8-15(22)14(21)10-12/h2-8,10H,1,9,11H2,(H2,23,25,27,29). The van der Waals surface area contributed by atoms with Gasteiger partial charge < -0.3 is 5.32 Å². The molecule has 10 heteroatoms. The number of hydrogen-bond donors (Lipinski definition) is 2. The Labute approximate surface area is 179 Å². The number of hydrogen-bond acceptors (Lipinski definition) is 5. The highest BCUT2D eigenvalue weighted by Crippen LogP contribution is 2.24. The van der Waals surface area contributed by atoms with Gasteiger partial charge in [-0.1, -0.05) is 41.6 Å². The van der Waals surface area contributed by atoms with Crippen LogP contribution in [0.5, 0.6) is 0 Å². The van der Waals surface area contributed by atoms with Crippen LogP contribution in [0.25, 0.3) is 16.6 Å². The molecule has 0 saturated heterocycles. The zero-order valence-electron chi connectivity index (χ0n) is 15.5. The molecule has 0 aliphatic rings. The van der Waals surface area contributed by atoms with Crippen LogP contribution in [0.1, 0.15) is 0 Å². The molecule has 0 unspecified atom stereocenters. The predicted octanol–water partition coefficient (Wildman–Crippen LogP) is 3.28. The maximum atomic E-state index is 13.6. The minimum atomic E-state index is -0.658. The summed E-state index contributed by atoms with van der Waals surface area (Å²) in [6.45, 7) is 3.68. The summed E-state index contributed by atoms with van der Waals surface area (Å²) in [6, 6.07) is 9.92. The first-order valence-electron chi connectivity index (χ1n) is 8.69. The Kier molecular flexibility index (Phi) is 6.86. The fourth-order valence-electron chi connectivity index (χ4n) is 2.56. The van der Waals surface area contributed by atoms with Crippen LogP contribution in [0.3, 0.4) is 0 Å². The van der Waals surface area contributed by atoms with Crippen LogP contribution in [0.15, 0.2) is 65.1 Å². The SMILES string of the molecule is C=CCNC(=O)NC(=O)CSc1nc2ccccc2c(=O)n1-c1ccc(F)c(Cl)c1. The fraction of sp³-hybridized carbons (Fsp3) is 0.100. The Bertz CT molecular complexity index is 1200. The van der Waals surface area contributed by atoms with E-state index in [1.807, 2.05) is 0 Å². The number of carbonyl (C=O) groups is 2. The van der Waals surface area contributed by atoms with Gasteiger partial charge in [0.1, 0.15) is 5.82 Å². The van der Waals surface area contributed by atoms with Crippen LogP contribution < -0.4 is 16.2 Å². The minimum absolute atomic E-state index is 0.153. The van der Waals surface area contributed by atoms with E-state index in [4.69, 9.17) is 11.6 Å². The van der Waals surface area contributed by atoms with E-state index in [9.17, 15) is 18.8 Å². The lowest BCUT2D eigenvalue weighted by atomic mass is 10.2. The van der Waals surface area contributed by atoms with Crippen molar-refractivity contribution >= 4 is 46.2 Å². The van der Waals surface area contributed by atoms with Gasteiger partial charge in [0.2, 0.25) is 5.91 Å². The molecule has 0 spiro atoms. The first-order valence-corrected chi connectivity index (χ1v) is 10.1. The molecule has 1 heterocycles. The average Bonchev–Trinajstić information content (AvgIpc) is 2.73. The van der Waals surface area contributed by atoms with Gasteiger partial charge in [-0.05, 0) is 30.3 Å². The van der Waals surface area contributed by atoms with Crippen LogP contribution >= 0.6 is 23.4 Å². The summed E-state index contributed by atoms with van der Waals surface area (Å²) in [6.07, 6.45) is 1.48. The van der Waals surface area contributed by atoms with E-state index in [0.29, 0.717) is 16.6 Å². The summed E-state index contributed by atoms with van der Waals surface area (Å²) >= 11 is 6.84. The molecule has 3 amide bonds. The Morgan fingerprint density at radius 3 is 2.77 bits per heavy atom. The van der Waals surface area contributed by atoms with Crippen LogP contribution in [0.4, 0.5) is 9.18 Å². The summed E-state index contributed by atoms with van der Waals surface area (Å²) in [5.74, 6) is -1.38. The van der Waals surface area contributed by atoms with Gasteiger partial charge in [0.15, 0.2) is 5.16 Å². The number of rotatable bonds is 6. The molecule has 3 aromatic rings. The van der Waals surface area contributed by atoms with Gasteiger partial charge in [0.05, 0.1) is 27.4 Å². The van der Waals surface area contributed by atoms with Gasteiger partial charge >= 0.3 is 6.03 Å². The van der Waals surface area contributed by atoms with Gasteiger partial charge in [-0.25, -0.2) is 14.2 Å². The van der Waals surface area contributed by atoms with Crippen LogP contribution in [0, 0.1) is 5.82 Å². The van der Waals surface area contributed by atoms with Crippen molar-refractivity contribution in [2.45, 2.75) is 5.16 Å². The van der Waals surface area contributed by atoms with Crippen molar-refractivity contribution in [3.63, 3.8) is 0 Å². The highest BCUT2D eigenvalue weighted by atomic mass is 35.5. The molecule has 7 nitrogen and oxygen atoms in total. The highest BCUT2D eigenvalue weighted by molar-refractivity contribution is 7.99. The second kappa shape index (κ2) is 9.55. The number of benzene rings is 2. The third-order valence-electron chi connectivity index (χ3n) is 3.90. The second-order valence-electron chi connectivity index (χ2n) is 5.99. The number of para-hydroxylation sites is 1. The van der Waals surface area contributed by atoms with Crippen LogP contribution in [-0.2, 0) is 4.79 Å². The molecule has 0 atom stereocenters. The average molecular weight is 447 g/mol. The summed E-state index contributed by atoms with van der Waals surface area (Å²) in [7, 11) is 0. The Hall–Kier alpha value is -3.17. The second-order valence-corrected chi connectivity index (χ2v) is 7.34. The molecule has 2 aromatic carbocycles. The normalized spacial score (nSPS) is 10.6. The minimum Gasteiger partial charge on any atom is -0.334 e. The number of carbonyl (C=O) groups excluding carboxylic acids is 2. The quantitative estimate of drug-likeness (QED) is 0.344. The molecule has 154 valence electrons. The van der Waals surface area contributed by atoms with Crippen molar-refractivity contribution in [2.24, 2.45) is 0 Å². The Balaban J connectivity index is 1.95. The van der Waals surface area contributed by atoms with E-state index in [0.717, 1.165) is 17.8 Å². The van der Waals surface area contributed by atoms with Crippen molar-refractivity contribution in [2.75, 3.05) is 12.3 Å². The lowest BCUT2D eigenvalue weighted by Crippen LogP contribution is -2.40. The number of amides is 3. The Morgan fingerprint density at radius 1 is 1.27 bits per heavy atom. The number of nitrogens with one attached hydrogen (secondary N) is 2. The topological polar surface area (TPSA) is 93.1 Å². The number of nitrogens with zero attached hydrogens (tertiary/aromatic N) is 2. The van der Waals surface area contributed by atoms with E-state index in [1.54, 1.807) is 24.3 Å². The lowest BCUT2D eigenvalue weighted by Gasteiger charge is -2.13. The van der Waals surface area contributed by atoms with Crippen LogP contribution in [0.2, 0.25) is 5.02 Å². The molecule has 0 radical (unpaired) electrons. The number of fused-ring (bicyclic) bond motifs is 1. The molecular formula is C20H16ClFN4O3S. The van der Waals surface area contributed by atoms with E-state index < -0.39 is 23.3 Å². The largest absolute Gasteiger partial charge is 0.334 e. The molecule has 0 bridgehead atoms. The number of aromatic nitrogens is 2. The van der Waals surface area contributed by atoms with Crippen LogP contribution in [-0.4, -0.2) is 33.8 Å². The molecule has 0 aliphatic carbocycles. The van der Waals surface area contributed by atoms with Gasteiger partial charge in [-0.2, -0.15) is 0 Å². The fourth-order valence-corrected chi connectivity index (χ4v) is 3.55. The van der Waals surface area contributed by atoms with Crippen molar-refractivity contribution in [1.82, 2.24) is 20.2 Å². The molecule has 0 saturated carbocycles. The summed E-state index contributed by atoms with van der Waals surface area (Å²) < 4.78 is 14.8. The molecule has 0 fully saturated rings. The zero-order chi connectivity index (χ0) is 21.7. The number of thioether (sulfide) groups is 1. The van der Waals surface area contributed by atoms with Crippen molar-refractivity contribution in [3.8, 4) is 5.69 Å². The zero-order valence-corrected chi connectivity index (χ0v) is 17.1. The van der Waals surface area contributed by atoms with Gasteiger partial charge in [0.25, 0.3) is 5.56 Å². The third-order valence-corrected chi connectivity index (χ3v) is 5.13. The molecule has 3 rings (SSSR count). The number of urea groups is 1. The molecule has 0 aliphatic heterocycles. The monoisotopic (exact) mass is 446 g/mol. The van der Waals surface area contributed by atoms with E-state index >= 15 is 0 Å². The summed E-state index contributed by atoms with van der Waals surface area (Å²) in [5, 5.41) is 4.99. The van der Waals surface area contributed by atoms with Crippen molar-refractivity contribution < 1.29 is 14.0 Å². The molecule has 2 N–H and O–H groups in total. The first kappa shape index (κ1) is 21.5. The number of imide groups is 1. The first-order chi connectivity index (χ1) is 14.4. The summed E-state index contributed by atoms with van der Waals surface area (Å²) in [4.78, 5) is 41.2. The van der Waals surface area contributed by atoms with E-state index in [1.165, 1.54) is 22.8 Å². The van der Waals surface area contributed by atoms with Gasteiger partial charge in [0, 0.05) is 6.54 Å². The molecular weight excluding hydrogens is 431 g/mol. The van der Waals surface area contributed by atoms with Gasteiger partial charge in [-0.15, -0.1) is 6.58 Å². The predicted molar refractivity (Wildman–Crippen MR) is 115 cm³/mol. The van der Waals surface area contributed by atoms with Crippen molar-refractivity contribution in [1.29, 1.82) is 0 Å². The van der Waals surface area contributed by atoms with E-state index in [2.05, 4.69) is 22.2 Å². The highest BCUT2D eigenvalue weighted by Gasteiger charge is 2.16. The maximum absolute atomic E-state index is 13.6. The smallest absolute Gasteiger partial charge is 0.321 e.